The summed E-state index contributed by atoms with van der Waals surface area (Å²) in [6, 6.07) is 8.47. The van der Waals surface area contributed by atoms with Gasteiger partial charge in [-0.15, -0.1) is 0 Å². The molecular weight excluding hydrogens is 250 g/mol. The molecule has 0 aromatic heterocycles. The molecule has 6 nitrogen and oxygen atoms in total. The van der Waals surface area contributed by atoms with Gasteiger partial charge in [0.15, 0.2) is 0 Å². The van der Waals surface area contributed by atoms with Gasteiger partial charge in [-0.3, -0.25) is 0 Å². The molecule has 1 fully saturated rings. The first-order chi connectivity index (χ1) is 9.19. The fourth-order valence-electron chi connectivity index (χ4n) is 1.79. The molecule has 1 amide bonds. The number of amides is 1. The third kappa shape index (κ3) is 3.69. The number of cyclic esters (lactones) is 1. The number of benzene rings is 1. The van der Waals surface area contributed by atoms with Crippen LogP contribution in [-0.2, 0) is 20.9 Å². The van der Waals surface area contributed by atoms with Crippen LogP contribution in [0.15, 0.2) is 30.3 Å². The third-order valence-corrected chi connectivity index (χ3v) is 2.77. The lowest BCUT2D eigenvalue weighted by Crippen LogP contribution is -2.38. The number of aliphatic hydroxyl groups excluding tert-OH is 1. The van der Waals surface area contributed by atoms with Crippen LogP contribution in [0.1, 0.15) is 12.0 Å². The van der Waals surface area contributed by atoms with Crippen LogP contribution in [0, 0.1) is 0 Å². The molecule has 0 saturated carbocycles. The van der Waals surface area contributed by atoms with Gasteiger partial charge in [0.1, 0.15) is 18.8 Å². The summed E-state index contributed by atoms with van der Waals surface area (Å²) in [4.78, 5) is 22.9. The Kier molecular flexibility index (Phi) is 4.35. The van der Waals surface area contributed by atoms with Gasteiger partial charge in [-0.25, -0.2) is 9.59 Å². The van der Waals surface area contributed by atoms with E-state index in [1.807, 2.05) is 30.3 Å². The highest BCUT2D eigenvalue weighted by Gasteiger charge is 2.35. The number of alkyl carbamates (subject to hydrolysis) is 1. The molecule has 102 valence electrons. The van der Waals surface area contributed by atoms with Crippen LogP contribution in [0.25, 0.3) is 0 Å². The van der Waals surface area contributed by atoms with E-state index in [1.165, 1.54) is 0 Å². The summed E-state index contributed by atoms with van der Waals surface area (Å²) < 4.78 is 9.81. The SMILES string of the molecule is O=C(N[C@H]1C[C@H](CO)OC1=O)OCc1ccccc1. The van der Waals surface area contributed by atoms with Gasteiger partial charge in [0, 0.05) is 6.42 Å². The van der Waals surface area contributed by atoms with Crippen LogP contribution in [0.5, 0.6) is 0 Å². The van der Waals surface area contributed by atoms with Crippen molar-refractivity contribution in [3.05, 3.63) is 35.9 Å². The minimum Gasteiger partial charge on any atom is -0.458 e. The first kappa shape index (κ1) is 13.4. The molecule has 6 heteroatoms. The number of ether oxygens (including phenoxy) is 2. The van der Waals surface area contributed by atoms with Crippen LogP contribution in [-0.4, -0.2) is 35.9 Å². The standard InChI is InChI=1S/C13H15NO5/c15-7-10-6-11(12(16)19-10)14-13(17)18-8-9-4-2-1-3-5-9/h1-5,10-11,15H,6-8H2,(H,14,17)/t10-,11+/m1/s1. The Balaban J connectivity index is 1.77. The van der Waals surface area contributed by atoms with Crippen LogP contribution >= 0.6 is 0 Å². The Morgan fingerprint density at radius 3 is 2.79 bits per heavy atom. The predicted octanol–water partition coefficient (Wildman–Crippen LogP) is 0.589. The molecule has 1 heterocycles. The zero-order valence-corrected chi connectivity index (χ0v) is 10.2. The summed E-state index contributed by atoms with van der Waals surface area (Å²) in [5, 5.41) is 11.3. The van der Waals surface area contributed by atoms with Gasteiger partial charge in [0.25, 0.3) is 0 Å². The number of nitrogens with one attached hydrogen (secondary N) is 1. The number of hydrogen-bond donors (Lipinski definition) is 2. The van der Waals surface area contributed by atoms with Crippen LogP contribution in [0.2, 0.25) is 0 Å². The highest BCUT2D eigenvalue weighted by atomic mass is 16.6. The third-order valence-electron chi connectivity index (χ3n) is 2.77. The van der Waals surface area contributed by atoms with Crippen molar-refractivity contribution in [3.63, 3.8) is 0 Å². The zero-order chi connectivity index (χ0) is 13.7. The van der Waals surface area contributed by atoms with Crippen molar-refractivity contribution in [2.45, 2.75) is 25.2 Å². The second-order valence-corrected chi connectivity index (χ2v) is 4.24. The van der Waals surface area contributed by atoms with E-state index < -0.39 is 24.2 Å². The van der Waals surface area contributed by atoms with Gasteiger partial charge in [-0.05, 0) is 5.56 Å². The summed E-state index contributed by atoms with van der Waals surface area (Å²) in [6.45, 7) is -0.110. The molecule has 1 aliphatic rings. The van der Waals surface area contributed by atoms with Gasteiger partial charge >= 0.3 is 12.1 Å². The Hall–Kier alpha value is -2.08. The second-order valence-electron chi connectivity index (χ2n) is 4.24. The van der Waals surface area contributed by atoms with Crippen molar-refractivity contribution < 1.29 is 24.2 Å². The van der Waals surface area contributed by atoms with E-state index in [4.69, 9.17) is 14.6 Å². The number of hydrogen-bond acceptors (Lipinski definition) is 5. The Morgan fingerprint density at radius 1 is 1.42 bits per heavy atom. The monoisotopic (exact) mass is 265 g/mol. The van der Waals surface area contributed by atoms with E-state index >= 15 is 0 Å². The van der Waals surface area contributed by atoms with Crippen LogP contribution in [0.4, 0.5) is 4.79 Å². The maximum Gasteiger partial charge on any atom is 0.408 e. The van der Waals surface area contributed by atoms with Crippen molar-refractivity contribution in [3.8, 4) is 0 Å². The molecule has 0 aliphatic carbocycles. The molecule has 2 atom stereocenters. The van der Waals surface area contributed by atoms with Crippen molar-refractivity contribution in [2.75, 3.05) is 6.61 Å². The van der Waals surface area contributed by atoms with Crippen LogP contribution < -0.4 is 5.32 Å². The van der Waals surface area contributed by atoms with Crippen molar-refractivity contribution in [1.82, 2.24) is 5.32 Å². The molecule has 0 bridgehead atoms. The summed E-state index contributed by atoms with van der Waals surface area (Å²) >= 11 is 0. The molecule has 0 spiro atoms. The molecule has 1 aromatic rings. The minimum atomic E-state index is -0.750. The molecule has 0 radical (unpaired) electrons. The van der Waals surface area contributed by atoms with E-state index in [-0.39, 0.29) is 19.6 Å². The van der Waals surface area contributed by atoms with E-state index in [0.29, 0.717) is 0 Å². The Bertz CT molecular complexity index is 448. The van der Waals surface area contributed by atoms with E-state index in [0.717, 1.165) is 5.56 Å². The molecule has 0 unspecified atom stereocenters. The van der Waals surface area contributed by atoms with Crippen molar-refractivity contribution >= 4 is 12.1 Å². The highest BCUT2D eigenvalue weighted by Crippen LogP contribution is 2.14. The molecule has 2 rings (SSSR count). The van der Waals surface area contributed by atoms with E-state index in [1.54, 1.807) is 0 Å². The summed E-state index contributed by atoms with van der Waals surface area (Å²) in [6.07, 6.45) is -0.966. The minimum absolute atomic E-state index is 0.137. The lowest BCUT2D eigenvalue weighted by Gasteiger charge is -2.09. The molecule has 19 heavy (non-hydrogen) atoms. The fraction of sp³-hybridized carbons (Fsp3) is 0.385. The van der Waals surface area contributed by atoms with Gasteiger partial charge < -0.3 is 19.9 Å². The molecule has 1 aromatic carbocycles. The first-order valence-corrected chi connectivity index (χ1v) is 5.97. The van der Waals surface area contributed by atoms with Gasteiger partial charge in [-0.1, -0.05) is 30.3 Å². The number of esters is 1. The van der Waals surface area contributed by atoms with Gasteiger partial charge in [-0.2, -0.15) is 0 Å². The smallest absolute Gasteiger partial charge is 0.408 e. The highest BCUT2D eigenvalue weighted by molar-refractivity contribution is 5.82. The van der Waals surface area contributed by atoms with E-state index in [9.17, 15) is 9.59 Å². The number of carbonyl (C=O) groups excluding carboxylic acids is 2. The normalized spacial score (nSPS) is 21.8. The number of rotatable bonds is 4. The number of aliphatic hydroxyl groups is 1. The van der Waals surface area contributed by atoms with Crippen molar-refractivity contribution in [2.24, 2.45) is 0 Å². The van der Waals surface area contributed by atoms with Crippen molar-refractivity contribution in [1.29, 1.82) is 0 Å². The van der Waals surface area contributed by atoms with E-state index in [2.05, 4.69) is 5.32 Å². The predicted molar refractivity (Wildman–Crippen MR) is 65.1 cm³/mol. The topological polar surface area (TPSA) is 84.9 Å². The molecule has 1 aliphatic heterocycles. The number of carbonyl (C=O) groups is 2. The Labute approximate surface area is 110 Å². The van der Waals surface area contributed by atoms with Gasteiger partial charge in [0.2, 0.25) is 0 Å². The Morgan fingerprint density at radius 2 is 2.16 bits per heavy atom. The first-order valence-electron chi connectivity index (χ1n) is 5.97. The fourth-order valence-corrected chi connectivity index (χ4v) is 1.79. The lowest BCUT2D eigenvalue weighted by molar-refractivity contribution is -0.144. The summed E-state index contributed by atoms with van der Waals surface area (Å²) in [5.74, 6) is -0.546. The maximum absolute atomic E-state index is 11.5. The second kappa shape index (κ2) is 6.19. The summed E-state index contributed by atoms with van der Waals surface area (Å²) in [7, 11) is 0. The molecule has 2 N–H and O–H groups in total. The molecular formula is C13H15NO5. The van der Waals surface area contributed by atoms with Crippen LogP contribution in [0.3, 0.4) is 0 Å². The average molecular weight is 265 g/mol. The zero-order valence-electron chi connectivity index (χ0n) is 10.2. The molecule has 1 saturated heterocycles. The van der Waals surface area contributed by atoms with Gasteiger partial charge in [0.05, 0.1) is 6.61 Å². The summed E-state index contributed by atoms with van der Waals surface area (Å²) in [5.41, 5.74) is 0.861. The lowest BCUT2D eigenvalue weighted by atomic mass is 10.2. The maximum atomic E-state index is 11.5. The quantitative estimate of drug-likeness (QED) is 0.778. The average Bonchev–Trinajstić information content (AvgIpc) is 2.78. The largest absolute Gasteiger partial charge is 0.458 e.